The van der Waals surface area contributed by atoms with Crippen molar-refractivity contribution in [3.8, 4) is 11.3 Å². The molecule has 2 aromatic rings. The van der Waals surface area contributed by atoms with Crippen molar-refractivity contribution in [1.82, 2.24) is 15.0 Å². The van der Waals surface area contributed by atoms with Gasteiger partial charge < -0.3 is 5.73 Å². The average Bonchev–Trinajstić information content (AvgIpc) is 2.65. The fraction of sp³-hybridized carbons (Fsp3) is 0.200. The van der Waals surface area contributed by atoms with Crippen LogP contribution in [0.1, 0.15) is 5.56 Å². The molecule has 0 spiro atoms. The maximum Gasteiger partial charge on any atom is 0.128 e. The van der Waals surface area contributed by atoms with Crippen molar-refractivity contribution in [3.05, 3.63) is 35.8 Å². The molecule has 2 rings (SSSR count). The molecule has 5 heteroatoms. The predicted octanol–water partition coefficient (Wildman–Crippen LogP) is 1.08. The van der Waals surface area contributed by atoms with E-state index in [1.807, 2.05) is 0 Å². The zero-order chi connectivity index (χ0) is 10.8. The molecule has 2 N–H and O–H groups in total. The van der Waals surface area contributed by atoms with Gasteiger partial charge in [-0.2, -0.15) is 0 Å². The number of aromatic nitrogens is 3. The van der Waals surface area contributed by atoms with Crippen molar-refractivity contribution in [2.24, 2.45) is 12.8 Å². The lowest BCUT2D eigenvalue weighted by molar-refractivity contribution is 0.611. The van der Waals surface area contributed by atoms with Gasteiger partial charge in [-0.1, -0.05) is 17.3 Å². The number of halogens is 1. The van der Waals surface area contributed by atoms with Crippen molar-refractivity contribution < 1.29 is 4.39 Å². The van der Waals surface area contributed by atoms with E-state index in [1.165, 1.54) is 6.07 Å². The second-order valence-corrected chi connectivity index (χ2v) is 3.29. The first-order chi connectivity index (χ1) is 7.20. The van der Waals surface area contributed by atoms with Gasteiger partial charge in [-0.05, 0) is 6.07 Å². The van der Waals surface area contributed by atoms with Gasteiger partial charge in [-0.3, -0.25) is 4.68 Å². The first-order valence-electron chi connectivity index (χ1n) is 4.56. The summed E-state index contributed by atoms with van der Waals surface area (Å²) in [4.78, 5) is 0. The molecule has 0 aliphatic heterocycles. The Balaban J connectivity index is 2.42. The van der Waals surface area contributed by atoms with Gasteiger partial charge in [-0.15, -0.1) is 5.10 Å². The van der Waals surface area contributed by atoms with Crippen molar-refractivity contribution in [1.29, 1.82) is 0 Å². The van der Waals surface area contributed by atoms with Gasteiger partial charge in [0.1, 0.15) is 11.5 Å². The molecule has 1 heterocycles. The Bertz CT molecular complexity index is 478. The Morgan fingerprint density at radius 2 is 2.27 bits per heavy atom. The van der Waals surface area contributed by atoms with Gasteiger partial charge in [0.25, 0.3) is 0 Å². The highest BCUT2D eigenvalue weighted by Gasteiger charge is 2.06. The van der Waals surface area contributed by atoms with Crippen molar-refractivity contribution in [2.75, 3.05) is 0 Å². The van der Waals surface area contributed by atoms with Crippen LogP contribution in [0.15, 0.2) is 24.4 Å². The summed E-state index contributed by atoms with van der Waals surface area (Å²) in [5.74, 6) is -0.305. The number of hydrogen-bond donors (Lipinski definition) is 1. The molecule has 0 saturated heterocycles. The van der Waals surface area contributed by atoms with Crippen LogP contribution in [0.2, 0.25) is 0 Å². The fourth-order valence-corrected chi connectivity index (χ4v) is 1.35. The topological polar surface area (TPSA) is 56.7 Å². The molecule has 15 heavy (non-hydrogen) atoms. The zero-order valence-corrected chi connectivity index (χ0v) is 8.31. The lowest BCUT2D eigenvalue weighted by Gasteiger charge is -2.01. The van der Waals surface area contributed by atoms with Crippen molar-refractivity contribution in [3.63, 3.8) is 0 Å². The average molecular weight is 206 g/mol. The molecule has 0 radical (unpaired) electrons. The summed E-state index contributed by atoms with van der Waals surface area (Å²) in [6.07, 6.45) is 1.73. The van der Waals surface area contributed by atoms with Gasteiger partial charge in [0.2, 0.25) is 0 Å². The summed E-state index contributed by atoms with van der Waals surface area (Å²) in [5.41, 5.74) is 7.23. The number of hydrogen-bond acceptors (Lipinski definition) is 3. The van der Waals surface area contributed by atoms with E-state index in [0.717, 1.165) is 0 Å². The third-order valence-corrected chi connectivity index (χ3v) is 2.17. The highest BCUT2D eigenvalue weighted by Crippen LogP contribution is 2.19. The highest BCUT2D eigenvalue weighted by molar-refractivity contribution is 5.58. The van der Waals surface area contributed by atoms with Crippen LogP contribution < -0.4 is 5.73 Å². The standard InChI is InChI=1S/C10H11FN4/c1-15-6-10(13-14-15)7-2-3-8(5-12)9(11)4-7/h2-4,6H,5,12H2,1H3. The molecule has 78 valence electrons. The SMILES string of the molecule is Cn1cc(-c2ccc(CN)c(F)c2)nn1. The minimum Gasteiger partial charge on any atom is -0.326 e. The van der Waals surface area contributed by atoms with Crippen molar-refractivity contribution in [2.45, 2.75) is 6.54 Å². The van der Waals surface area contributed by atoms with Gasteiger partial charge in [0.15, 0.2) is 0 Å². The lowest BCUT2D eigenvalue weighted by atomic mass is 10.1. The van der Waals surface area contributed by atoms with Gasteiger partial charge in [0, 0.05) is 24.7 Å². The molecule has 0 amide bonds. The molecule has 0 bridgehead atoms. The normalized spacial score (nSPS) is 10.6. The van der Waals surface area contributed by atoms with Crippen LogP contribution in [0.4, 0.5) is 4.39 Å². The molecule has 0 atom stereocenters. The summed E-state index contributed by atoms with van der Waals surface area (Å²) < 4.78 is 15.0. The summed E-state index contributed by atoms with van der Waals surface area (Å²) >= 11 is 0. The number of nitrogens with two attached hydrogens (primary N) is 1. The van der Waals surface area contributed by atoms with E-state index in [0.29, 0.717) is 16.8 Å². The van der Waals surface area contributed by atoms with Gasteiger partial charge >= 0.3 is 0 Å². The molecule has 0 unspecified atom stereocenters. The molecule has 1 aromatic carbocycles. The second kappa shape index (κ2) is 3.78. The van der Waals surface area contributed by atoms with Crippen LogP contribution in [-0.2, 0) is 13.6 Å². The Morgan fingerprint density at radius 3 is 2.80 bits per heavy atom. The van der Waals surface area contributed by atoms with E-state index in [1.54, 1.807) is 30.1 Å². The molecule has 4 nitrogen and oxygen atoms in total. The van der Waals surface area contributed by atoms with Crippen LogP contribution in [0.5, 0.6) is 0 Å². The maximum absolute atomic E-state index is 13.4. The second-order valence-electron chi connectivity index (χ2n) is 3.29. The van der Waals surface area contributed by atoms with Gasteiger partial charge in [0.05, 0.1) is 6.20 Å². The number of nitrogens with zero attached hydrogens (tertiary/aromatic N) is 3. The first-order valence-corrected chi connectivity index (χ1v) is 4.56. The highest BCUT2D eigenvalue weighted by atomic mass is 19.1. The molecular formula is C10H11FN4. The zero-order valence-electron chi connectivity index (χ0n) is 8.31. The van der Waals surface area contributed by atoms with E-state index in [-0.39, 0.29) is 12.4 Å². The number of rotatable bonds is 2. The first kappa shape index (κ1) is 9.79. The third kappa shape index (κ3) is 1.87. The maximum atomic E-state index is 13.4. The van der Waals surface area contributed by atoms with Crippen LogP contribution in [0.3, 0.4) is 0 Å². The Morgan fingerprint density at radius 1 is 1.47 bits per heavy atom. The number of aryl methyl sites for hydroxylation is 1. The fourth-order valence-electron chi connectivity index (χ4n) is 1.35. The number of benzene rings is 1. The Kier molecular flexibility index (Phi) is 2.47. The summed E-state index contributed by atoms with van der Waals surface area (Å²) in [6.45, 7) is 0.201. The van der Waals surface area contributed by atoms with Crippen LogP contribution in [-0.4, -0.2) is 15.0 Å². The monoisotopic (exact) mass is 206 g/mol. The van der Waals surface area contributed by atoms with E-state index in [9.17, 15) is 4.39 Å². The molecule has 1 aromatic heterocycles. The van der Waals surface area contributed by atoms with Gasteiger partial charge in [-0.25, -0.2) is 4.39 Å². The molecular weight excluding hydrogens is 195 g/mol. The van der Waals surface area contributed by atoms with Crippen LogP contribution >= 0.6 is 0 Å². The summed E-state index contributed by atoms with van der Waals surface area (Å²) in [5, 5.41) is 7.68. The quantitative estimate of drug-likeness (QED) is 0.799. The minimum atomic E-state index is -0.305. The Labute approximate surface area is 86.5 Å². The van der Waals surface area contributed by atoms with E-state index in [2.05, 4.69) is 10.3 Å². The summed E-state index contributed by atoms with van der Waals surface area (Å²) in [7, 11) is 1.76. The van der Waals surface area contributed by atoms with E-state index < -0.39 is 0 Å². The largest absolute Gasteiger partial charge is 0.326 e. The van der Waals surface area contributed by atoms with Crippen LogP contribution in [0, 0.1) is 5.82 Å². The predicted molar refractivity (Wildman–Crippen MR) is 54.3 cm³/mol. The van der Waals surface area contributed by atoms with E-state index in [4.69, 9.17) is 5.73 Å². The smallest absolute Gasteiger partial charge is 0.128 e. The molecule has 0 aliphatic carbocycles. The lowest BCUT2D eigenvalue weighted by Crippen LogP contribution is -1.99. The van der Waals surface area contributed by atoms with Crippen LogP contribution in [0.25, 0.3) is 11.3 Å². The Hall–Kier alpha value is -1.75. The molecule has 0 fully saturated rings. The minimum absolute atomic E-state index is 0.201. The molecule has 0 saturated carbocycles. The van der Waals surface area contributed by atoms with E-state index >= 15 is 0 Å². The summed E-state index contributed by atoms with van der Waals surface area (Å²) in [6, 6.07) is 4.88. The molecule has 0 aliphatic rings. The van der Waals surface area contributed by atoms with Crippen molar-refractivity contribution >= 4 is 0 Å². The third-order valence-electron chi connectivity index (χ3n) is 2.17.